The van der Waals surface area contributed by atoms with Gasteiger partial charge in [0.1, 0.15) is 22.7 Å². The Morgan fingerprint density at radius 3 is 2.03 bits per heavy atom. The maximum atomic E-state index is 12.7. The Labute approximate surface area is 211 Å². The summed E-state index contributed by atoms with van der Waals surface area (Å²) in [6.45, 7) is 5.39. The van der Waals surface area contributed by atoms with Crippen molar-refractivity contribution in [2.45, 2.75) is 45.8 Å². The van der Waals surface area contributed by atoms with Crippen LogP contribution in [0, 0.1) is 0 Å². The minimum Gasteiger partial charge on any atom is -0.497 e. The van der Waals surface area contributed by atoms with Gasteiger partial charge >= 0.3 is 0 Å². The molecule has 0 unspecified atom stereocenters. The van der Waals surface area contributed by atoms with Gasteiger partial charge in [-0.15, -0.1) is 0 Å². The van der Waals surface area contributed by atoms with Crippen molar-refractivity contribution in [3.05, 3.63) is 82.3 Å². The number of hydrogen-bond donors (Lipinski definition) is 2. The molecule has 1 atom stereocenters. The number of aromatic amines is 1. The highest BCUT2D eigenvalue weighted by molar-refractivity contribution is 5.89. The van der Waals surface area contributed by atoms with Gasteiger partial charge in [-0.3, -0.25) is 4.79 Å². The molecule has 4 aromatic rings. The third-order valence-electron chi connectivity index (χ3n) is 6.06. The number of H-pyrrole nitrogens is 1. The molecular formula is C28H33N5O3. The lowest BCUT2D eigenvalue weighted by Crippen LogP contribution is -2.26. The van der Waals surface area contributed by atoms with Gasteiger partial charge in [0.05, 0.1) is 19.7 Å². The summed E-state index contributed by atoms with van der Waals surface area (Å²) in [6, 6.07) is 17.9. The summed E-state index contributed by atoms with van der Waals surface area (Å²) in [5.41, 5.74) is 2.58. The van der Waals surface area contributed by atoms with E-state index in [1.807, 2.05) is 54.6 Å². The number of hydrogen-bond acceptors (Lipinski definition) is 7. The molecule has 8 nitrogen and oxygen atoms in total. The molecule has 0 saturated carbocycles. The second kappa shape index (κ2) is 11.6. The van der Waals surface area contributed by atoms with Crippen LogP contribution in [-0.2, 0) is 13.1 Å². The number of ether oxygens (including phenoxy) is 2. The third-order valence-corrected chi connectivity index (χ3v) is 6.06. The van der Waals surface area contributed by atoms with E-state index in [9.17, 15) is 4.79 Å². The van der Waals surface area contributed by atoms with Gasteiger partial charge in [-0.05, 0) is 54.8 Å². The molecule has 36 heavy (non-hydrogen) atoms. The fraction of sp³-hybridized carbons (Fsp3) is 0.321. The molecule has 8 heteroatoms. The first kappa shape index (κ1) is 25.0. The number of rotatable bonds is 11. The molecule has 0 spiro atoms. The maximum absolute atomic E-state index is 12.7. The summed E-state index contributed by atoms with van der Waals surface area (Å²) in [4.78, 5) is 27.3. The van der Waals surface area contributed by atoms with Gasteiger partial charge in [0.2, 0.25) is 5.95 Å². The predicted molar refractivity (Wildman–Crippen MR) is 144 cm³/mol. The largest absolute Gasteiger partial charge is 0.497 e. The Morgan fingerprint density at radius 2 is 1.50 bits per heavy atom. The SMILES string of the molecule is CCC[C@H](C)Nc1nc(N(Cc2ccc(OC)cc2)Cc2ccc(OC)cc2)nc2cc[nH]c(=O)c12. The van der Waals surface area contributed by atoms with Gasteiger partial charge in [-0.2, -0.15) is 4.98 Å². The van der Waals surface area contributed by atoms with Gasteiger partial charge in [-0.1, -0.05) is 37.6 Å². The van der Waals surface area contributed by atoms with Crippen molar-refractivity contribution >= 4 is 22.7 Å². The first-order valence-electron chi connectivity index (χ1n) is 12.2. The lowest BCUT2D eigenvalue weighted by atomic mass is 10.1. The van der Waals surface area contributed by atoms with Crippen molar-refractivity contribution in [2.24, 2.45) is 0 Å². The van der Waals surface area contributed by atoms with Crippen LogP contribution in [0.15, 0.2) is 65.6 Å². The monoisotopic (exact) mass is 487 g/mol. The standard InChI is InChI=1S/C28H33N5O3/c1-5-6-19(2)30-26-25-24(15-16-29-27(25)34)31-28(32-26)33(17-20-7-11-22(35-3)12-8-20)18-21-9-13-23(36-4)14-10-21/h7-16,19H,5-6,17-18H2,1-4H3,(H,29,34)(H,30,31,32)/t19-/m0/s1. The van der Waals surface area contributed by atoms with Crippen molar-refractivity contribution < 1.29 is 9.47 Å². The first-order valence-corrected chi connectivity index (χ1v) is 12.2. The van der Waals surface area contributed by atoms with E-state index < -0.39 is 0 Å². The summed E-state index contributed by atoms with van der Waals surface area (Å²) in [7, 11) is 3.31. The molecule has 2 aromatic heterocycles. The number of nitrogens with zero attached hydrogens (tertiary/aromatic N) is 3. The van der Waals surface area contributed by atoms with Crippen molar-refractivity contribution in [3.63, 3.8) is 0 Å². The molecule has 0 amide bonds. The molecule has 4 rings (SSSR count). The molecular weight excluding hydrogens is 454 g/mol. The molecule has 0 bridgehead atoms. The number of aromatic nitrogens is 3. The third kappa shape index (κ3) is 5.94. The van der Waals surface area contributed by atoms with Crippen LogP contribution in [0.25, 0.3) is 10.9 Å². The zero-order chi connectivity index (χ0) is 25.5. The van der Waals surface area contributed by atoms with Crippen molar-refractivity contribution in [1.29, 1.82) is 0 Å². The van der Waals surface area contributed by atoms with Crippen LogP contribution in [0.4, 0.5) is 11.8 Å². The van der Waals surface area contributed by atoms with E-state index in [1.54, 1.807) is 20.4 Å². The fourth-order valence-electron chi connectivity index (χ4n) is 4.16. The molecule has 0 saturated heterocycles. The normalized spacial score (nSPS) is 11.8. The van der Waals surface area contributed by atoms with Crippen LogP contribution in [0.2, 0.25) is 0 Å². The number of anilines is 2. The lowest BCUT2D eigenvalue weighted by molar-refractivity contribution is 0.414. The number of benzene rings is 2. The highest BCUT2D eigenvalue weighted by atomic mass is 16.5. The smallest absolute Gasteiger partial charge is 0.261 e. The van der Waals surface area contributed by atoms with Gasteiger partial charge < -0.3 is 24.7 Å². The Hall–Kier alpha value is -4.07. The van der Waals surface area contributed by atoms with Crippen molar-refractivity contribution in [1.82, 2.24) is 15.0 Å². The zero-order valence-electron chi connectivity index (χ0n) is 21.2. The molecule has 0 aliphatic heterocycles. The number of nitrogens with one attached hydrogen (secondary N) is 2. The Kier molecular flexibility index (Phi) is 8.05. The topological polar surface area (TPSA) is 92.4 Å². The fourth-order valence-corrected chi connectivity index (χ4v) is 4.16. The van der Waals surface area contributed by atoms with Crippen LogP contribution in [0.3, 0.4) is 0 Å². The van der Waals surface area contributed by atoms with Crippen LogP contribution in [0.1, 0.15) is 37.8 Å². The van der Waals surface area contributed by atoms with Gasteiger partial charge in [-0.25, -0.2) is 4.98 Å². The average Bonchev–Trinajstić information content (AvgIpc) is 2.89. The summed E-state index contributed by atoms with van der Waals surface area (Å²) in [6.07, 6.45) is 3.62. The highest BCUT2D eigenvalue weighted by Crippen LogP contribution is 2.25. The number of pyridine rings is 1. The molecule has 0 aliphatic rings. The van der Waals surface area contributed by atoms with Crippen molar-refractivity contribution in [2.75, 3.05) is 24.4 Å². The van der Waals surface area contributed by atoms with Crippen LogP contribution in [0.5, 0.6) is 11.5 Å². The summed E-state index contributed by atoms with van der Waals surface area (Å²) in [5.74, 6) is 2.70. The Bertz CT molecular complexity index is 1290. The van der Waals surface area contributed by atoms with E-state index in [0.29, 0.717) is 35.8 Å². The molecule has 188 valence electrons. The van der Waals surface area contributed by atoms with Crippen LogP contribution < -0.4 is 25.2 Å². The number of methoxy groups -OCH3 is 2. The second-order valence-corrected chi connectivity index (χ2v) is 8.83. The Morgan fingerprint density at radius 1 is 0.917 bits per heavy atom. The number of fused-ring (bicyclic) bond motifs is 1. The average molecular weight is 488 g/mol. The second-order valence-electron chi connectivity index (χ2n) is 8.83. The molecule has 0 radical (unpaired) electrons. The highest BCUT2D eigenvalue weighted by Gasteiger charge is 2.18. The maximum Gasteiger partial charge on any atom is 0.261 e. The van der Waals surface area contributed by atoms with Crippen molar-refractivity contribution in [3.8, 4) is 11.5 Å². The van der Waals surface area contributed by atoms with E-state index in [-0.39, 0.29) is 11.6 Å². The molecule has 2 N–H and O–H groups in total. The zero-order valence-corrected chi connectivity index (χ0v) is 21.2. The molecule has 0 fully saturated rings. The van der Waals surface area contributed by atoms with Crippen LogP contribution in [-0.4, -0.2) is 35.2 Å². The van der Waals surface area contributed by atoms with E-state index in [2.05, 4.69) is 29.0 Å². The molecule has 2 heterocycles. The lowest BCUT2D eigenvalue weighted by Gasteiger charge is -2.25. The van der Waals surface area contributed by atoms with Gasteiger partial charge in [0, 0.05) is 25.3 Å². The van der Waals surface area contributed by atoms with E-state index in [0.717, 1.165) is 35.5 Å². The summed E-state index contributed by atoms with van der Waals surface area (Å²) >= 11 is 0. The van der Waals surface area contributed by atoms with Gasteiger partial charge in [0.25, 0.3) is 5.56 Å². The quantitative estimate of drug-likeness (QED) is 0.302. The predicted octanol–water partition coefficient (Wildman–Crippen LogP) is 5.14. The Balaban J connectivity index is 1.77. The van der Waals surface area contributed by atoms with Crippen LogP contribution >= 0.6 is 0 Å². The summed E-state index contributed by atoms with van der Waals surface area (Å²) < 4.78 is 10.6. The minimum absolute atomic E-state index is 0.164. The molecule has 2 aromatic carbocycles. The van der Waals surface area contributed by atoms with E-state index >= 15 is 0 Å². The molecule has 0 aliphatic carbocycles. The van der Waals surface area contributed by atoms with E-state index in [4.69, 9.17) is 19.4 Å². The van der Waals surface area contributed by atoms with E-state index in [1.165, 1.54) is 0 Å². The van der Waals surface area contributed by atoms with Gasteiger partial charge in [0.15, 0.2) is 0 Å². The summed E-state index contributed by atoms with van der Waals surface area (Å²) in [5, 5.41) is 3.92. The first-order chi connectivity index (χ1) is 17.5. The minimum atomic E-state index is -0.206.